The van der Waals surface area contributed by atoms with Gasteiger partial charge in [0.2, 0.25) is 0 Å². The van der Waals surface area contributed by atoms with Crippen LogP contribution in [-0.2, 0) is 0 Å². The van der Waals surface area contributed by atoms with Gasteiger partial charge in [0, 0.05) is 24.7 Å². The molecule has 0 heterocycles. The first kappa shape index (κ1) is 13.6. The summed E-state index contributed by atoms with van der Waals surface area (Å²) in [5.41, 5.74) is 2.61. The zero-order valence-electron chi connectivity index (χ0n) is 8.66. The Morgan fingerprint density at radius 2 is 1.93 bits per heavy atom. The first-order valence-electron chi connectivity index (χ1n) is 4.66. The summed E-state index contributed by atoms with van der Waals surface area (Å²) in [5, 5.41) is 0. The Balaban J connectivity index is 0.00000169. The van der Waals surface area contributed by atoms with E-state index in [1.807, 2.05) is 0 Å². The van der Waals surface area contributed by atoms with Crippen LogP contribution in [-0.4, -0.2) is 19.0 Å². The molecule has 1 aromatic carbocycles. The smallest absolute Gasteiger partial charge is 0.0399 e. The maximum absolute atomic E-state index is 5.74. The lowest BCUT2D eigenvalue weighted by Crippen LogP contribution is -2.25. The summed E-state index contributed by atoms with van der Waals surface area (Å²) >= 11 is 5.74. The van der Waals surface area contributed by atoms with Crippen molar-refractivity contribution in [3.05, 3.63) is 29.8 Å². The van der Waals surface area contributed by atoms with Crippen molar-refractivity contribution in [2.24, 2.45) is 0 Å². The molecule has 0 unspecified atom stereocenters. The van der Waals surface area contributed by atoms with Crippen LogP contribution in [0.4, 0.5) is 5.69 Å². The molecule has 0 aliphatic carbocycles. The van der Waals surface area contributed by atoms with Crippen LogP contribution in [0.5, 0.6) is 0 Å². The van der Waals surface area contributed by atoms with Gasteiger partial charge in [0.1, 0.15) is 0 Å². The van der Waals surface area contributed by atoms with Crippen LogP contribution in [0, 0.1) is 6.92 Å². The van der Waals surface area contributed by atoms with Crippen molar-refractivity contribution in [1.29, 1.82) is 0 Å². The molecule has 1 rings (SSSR count). The summed E-state index contributed by atoms with van der Waals surface area (Å²) in [6.07, 6.45) is 0. The molecule has 0 aliphatic heterocycles. The van der Waals surface area contributed by atoms with E-state index in [0.717, 1.165) is 13.1 Å². The van der Waals surface area contributed by atoms with E-state index in [-0.39, 0.29) is 12.4 Å². The summed E-state index contributed by atoms with van der Waals surface area (Å²) < 4.78 is 0. The highest BCUT2D eigenvalue weighted by atomic mass is 35.5. The van der Waals surface area contributed by atoms with E-state index in [2.05, 4.69) is 43.0 Å². The lowest BCUT2D eigenvalue weighted by molar-refractivity contribution is 0.865. The third kappa shape index (κ3) is 3.39. The standard InChI is InChI=1S/C11H16ClN.ClH/c1-3-13(9-8-12)11-7-5-4-6-10(11)2;/h4-7H,3,8-9H2,1-2H3;1H. The minimum Gasteiger partial charge on any atom is -0.370 e. The Bertz CT molecular complexity index is 263. The van der Waals surface area contributed by atoms with E-state index < -0.39 is 0 Å². The number of nitrogens with zero attached hydrogens (tertiary/aromatic N) is 1. The predicted molar refractivity (Wildman–Crippen MR) is 67.0 cm³/mol. The SMILES string of the molecule is CCN(CCCl)c1ccccc1C.Cl. The Morgan fingerprint density at radius 1 is 1.29 bits per heavy atom. The van der Waals surface area contributed by atoms with E-state index in [1.165, 1.54) is 11.3 Å². The van der Waals surface area contributed by atoms with Gasteiger partial charge in [-0.25, -0.2) is 0 Å². The third-order valence-corrected chi connectivity index (χ3v) is 2.36. The van der Waals surface area contributed by atoms with Crippen molar-refractivity contribution in [2.75, 3.05) is 23.9 Å². The number of halogens is 2. The third-order valence-electron chi connectivity index (χ3n) is 2.19. The van der Waals surface area contributed by atoms with Crippen LogP contribution in [0.25, 0.3) is 0 Å². The zero-order valence-corrected chi connectivity index (χ0v) is 10.2. The highest BCUT2D eigenvalue weighted by Crippen LogP contribution is 2.18. The van der Waals surface area contributed by atoms with Gasteiger partial charge in [-0.05, 0) is 25.5 Å². The Morgan fingerprint density at radius 3 is 2.43 bits per heavy atom. The Labute approximate surface area is 97.5 Å². The van der Waals surface area contributed by atoms with E-state index in [0.29, 0.717) is 5.88 Å². The van der Waals surface area contributed by atoms with Crippen LogP contribution in [0.3, 0.4) is 0 Å². The second-order valence-electron chi connectivity index (χ2n) is 3.06. The molecule has 0 radical (unpaired) electrons. The molecule has 0 fully saturated rings. The normalized spacial score (nSPS) is 9.36. The van der Waals surface area contributed by atoms with Gasteiger partial charge in [-0.2, -0.15) is 0 Å². The van der Waals surface area contributed by atoms with Crippen LogP contribution in [0.1, 0.15) is 12.5 Å². The molecule has 0 saturated heterocycles. The van der Waals surface area contributed by atoms with Gasteiger partial charge < -0.3 is 4.90 Å². The van der Waals surface area contributed by atoms with Crippen molar-refractivity contribution in [1.82, 2.24) is 0 Å². The minimum absolute atomic E-state index is 0. The molecule has 3 heteroatoms. The maximum Gasteiger partial charge on any atom is 0.0399 e. The van der Waals surface area contributed by atoms with Crippen LogP contribution in [0.15, 0.2) is 24.3 Å². The molecular weight excluding hydrogens is 217 g/mol. The summed E-state index contributed by atoms with van der Waals surface area (Å²) in [6.45, 7) is 6.21. The Kier molecular flexibility index (Phi) is 6.77. The highest BCUT2D eigenvalue weighted by molar-refractivity contribution is 6.18. The highest BCUT2D eigenvalue weighted by Gasteiger charge is 2.04. The summed E-state index contributed by atoms with van der Waals surface area (Å²) in [4.78, 5) is 2.29. The van der Waals surface area contributed by atoms with E-state index in [9.17, 15) is 0 Å². The number of anilines is 1. The van der Waals surface area contributed by atoms with Crippen molar-refractivity contribution in [2.45, 2.75) is 13.8 Å². The van der Waals surface area contributed by atoms with Gasteiger partial charge in [0.05, 0.1) is 0 Å². The monoisotopic (exact) mass is 233 g/mol. The molecule has 0 amide bonds. The number of rotatable bonds is 4. The molecule has 14 heavy (non-hydrogen) atoms. The number of benzene rings is 1. The fourth-order valence-electron chi connectivity index (χ4n) is 1.47. The van der Waals surface area contributed by atoms with Crippen LogP contribution in [0.2, 0.25) is 0 Å². The van der Waals surface area contributed by atoms with Gasteiger partial charge in [0.15, 0.2) is 0 Å². The Hall–Kier alpha value is -0.400. The van der Waals surface area contributed by atoms with Crippen molar-refractivity contribution < 1.29 is 0 Å². The molecule has 0 saturated carbocycles. The lowest BCUT2D eigenvalue weighted by atomic mass is 10.2. The first-order chi connectivity index (χ1) is 6.29. The number of hydrogen-bond donors (Lipinski definition) is 0. The largest absolute Gasteiger partial charge is 0.370 e. The van der Waals surface area contributed by atoms with Gasteiger partial charge >= 0.3 is 0 Å². The number of para-hydroxylation sites is 1. The van der Waals surface area contributed by atoms with Crippen molar-refractivity contribution in [3.63, 3.8) is 0 Å². The van der Waals surface area contributed by atoms with E-state index >= 15 is 0 Å². The average Bonchev–Trinajstić information content (AvgIpc) is 2.16. The summed E-state index contributed by atoms with van der Waals surface area (Å²) in [7, 11) is 0. The molecule has 0 spiro atoms. The van der Waals surface area contributed by atoms with Crippen molar-refractivity contribution in [3.8, 4) is 0 Å². The van der Waals surface area contributed by atoms with E-state index in [1.54, 1.807) is 0 Å². The quantitative estimate of drug-likeness (QED) is 0.721. The van der Waals surface area contributed by atoms with Crippen LogP contribution < -0.4 is 4.90 Å². The molecule has 80 valence electrons. The summed E-state index contributed by atoms with van der Waals surface area (Å²) in [6, 6.07) is 8.41. The number of aryl methyl sites for hydroxylation is 1. The van der Waals surface area contributed by atoms with Crippen LogP contribution >= 0.6 is 24.0 Å². The molecule has 0 atom stereocenters. The zero-order chi connectivity index (χ0) is 9.68. The summed E-state index contributed by atoms with van der Waals surface area (Å²) in [5.74, 6) is 0.683. The van der Waals surface area contributed by atoms with E-state index in [4.69, 9.17) is 11.6 Å². The second kappa shape index (κ2) is 6.97. The average molecular weight is 234 g/mol. The molecule has 0 bridgehead atoms. The molecule has 0 N–H and O–H groups in total. The predicted octanol–water partition coefficient (Wildman–Crippen LogP) is 3.48. The topological polar surface area (TPSA) is 3.24 Å². The molecule has 0 aliphatic rings. The fraction of sp³-hybridized carbons (Fsp3) is 0.455. The minimum atomic E-state index is 0. The van der Waals surface area contributed by atoms with Gasteiger partial charge in [-0.3, -0.25) is 0 Å². The van der Waals surface area contributed by atoms with Crippen molar-refractivity contribution >= 4 is 29.7 Å². The second-order valence-corrected chi connectivity index (χ2v) is 3.43. The first-order valence-corrected chi connectivity index (χ1v) is 5.19. The fourth-order valence-corrected chi connectivity index (χ4v) is 1.67. The van der Waals surface area contributed by atoms with Gasteiger partial charge in [-0.1, -0.05) is 18.2 Å². The van der Waals surface area contributed by atoms with Gasteiger partial charge in [-0.15, -0.1) is 24.0 Å². The number of hydrogen-bond acceptors (Lipinski definition) is 1. The molecule has 1 aromatic rings. The number of alkyl halides is 1. The maximum atomic E-state index is 5.74. The lowest BCUT2D eigenvalue weighted by Gasteiger charge is -2.23. The molecule has 1 nitrogen and oxygen atoms in total. The molecular formula is C11H17Cl2N. The molecule has 0 aromatic heterocycles. The van der Waals surface area contributed by atoms with Gasteiger partial charge in [0.25, 0.3) is 0 Å².